The highest BCUT2D eigenvalue weighted by molar-refractivity contribution is 9.11. The van der Waals surface area contributed by atoms with E-state index >= 15 is 0 Å². The molecule has 100 valence electrons. The van der Waals surface area contributed by atoms with Gasteiger partial charge in [-0.15, -0.1) is 11.3 Å². The first kappa shape index (κ1) is 13.2. The average molecular weight is 352 g/mol. The highest BCUT2D eigenvalue weighted by atomic mass is 79.9. The van der Waals surface area contributed by atoms with Crippen molar-refractivity contribution >= 4 is 45.2 Å². The van der Waals surface area contributed by atoms with Crippen molar-refractivity contribution in [1.29, 1.82) is 0 Å². The van der Waals surface area contributed by atoms with Gasteiger partial charge in [0.1, 0.15) is 5.82 Å². The number of rotatable bonds is 2. The van der Waals surface area contributed by atoms with Gasteiger partial charge in [0.25, 0.3) is 0 Å². The zero-order chi connectivity index (χ0) is 14.1. The van der Waals surface area contributed by atoms with E-state index in [1.54, 1.807) is 6.08 Å². The molecule has 0 atom stereocenters. The van der Waals surface area contributed by atoms with Crippen LogP contribution in [0.15, 0.2) is 50.9 Å². The third kappa shape index (κ3) is 2.71. The lowest BCUT2D eigenvalue weighted by atomic mass is 10.2. The van der Waals surface area contributed by atoms with E-state index in [-0.39, 0.29) is 17.4 Å². The van der Waals surface area contributed by atoms with Crippen LogP contribution >= 0.6 is 27.3 Å². The molecule has 0 N–H and O–H groups in total. The summed E-state index contributed by atoms with van der Waals surface area (Å²) in [6.07, 6.45) is 1.66. The fourth-order valence-corrected chi connectivity index (χ4v) is 3.03. The number of carbonyl (C=O) groups excluding carboxylic acids is 1. The van der Waals surface area contributed by atoms with Crippen molar-refractivity contribution in [3.8, 4) is 0 Å². The Balaban J connectivity index is 1.92. The minimum Gasteiger partial charge on any atom is -0.402 e. The molecule has 0 fully saturated rings. The molecule has 0 unspecified atom stereocenters. The van der Waals surface area contributed by atoms with E-state index in [0.717, 1.165) is 8.66 Å². The second kappa shape index (κ2) is 5.30. The maximum Gasteiger partial charge on any atom is 0.363 e. The van der Waals surface area contributed by atoms with Crippen LogP contribution in [-0.2, 0) is 9.53 Å². The molecule has 0 spiro atoms. The van der Waals surface area contributed by atoms with Crippen molar-refractivity contribution in [2.24, 2.45) is 4.99 Å². The lowest BCUT2D eigenvalue weighted by Gasteiger charge is -1.98. The van der Waals surface area contributed by atoms with Gasteiger partial charge in [-0.2, -0.15) is 0 Å². The van der Waals surface area contributed by atoms with E-state index in [2.05, 4.69) is 20.9 Å². The molecular formula is C14H7BrFNO2S. The average Bonchev–Trinajstić information content (AvgIpc) is 2.98. The van der Waals surface area contributed by atoms with Crippen LogP contribution in [0.5, 0.6) is 0 Å². The van der Waals surface area contributed by atoms with Gasteiger partial charge >= 0.3 is 5.97 Å². The van der Waals surface area contributed by atoms with Crippen LogP contribution in [0.3, 0.4) is 0 Å². The van der Waals surface area contributed by atoms with E-state index in [1.807, 2.05) is 12.1 Å². The molecule has 0 aliphatic carbocycles. The van der Waals surface area contributed by atoms with Gasteiger partial charge in [0, 0.05) is 10.4 Å². The lowest BCUT2D eigenvalue weighted by molar-refractivity contribution is -0.129. The maximum absolute atomic E-state index is 12.9. The number of carbonyl (C=O) groups is 1. The van der Waals surface area contributed by atoms with Gasteiger partial charge in [-0.25, -0.2) is 14.2 Å². The number of hydrogen-bond donors (Lipinski definition) is 0. The minimum absolute atomic E-state index is 0.192. The van der Waals surface area contributed by atoms with E-state index in [1.165, 1.54) is 35.6 Å². The summed E-state index contributed by atoms with van der Waals surface area (Å²) in [5, 5.41) is 0. The number of aliphatic imine (C=N–C) groups is 1. The van der Waals surface area contributed by atoms with Gasteiger partial charge in [-0.3, -0.25) is 0 Å². The monoisotopic (exact) mass is 351 g/mol. The van der Waals surface area contributed by atoms with Gasteiger partial charge in [-0.05, 0) is 58.4 Å². The number of cyclic esters (lactones) is 1. The third-order valence-electron chi connectivity index (χ3n) is 2.58. The predicted octanol–water partition coefficient (Wildman–Crippen LogP) is 3.99. The van der Waals surface area contributed by atoms with Crippen molar-refractivity contribution in [2.75, 3.05) is 0 Å². The van der Waals surface area contributed by atoms with E-state index in [4.69, 9.17) is 4.74 Å². The summed E-state index contributed by atoms with van der Waals surface area (Å²) >= 11 is 4.84. The first-order valence-electron chi connectivity index (χ1n) is 5.66. The highest BCUT2D eigenvalue weighted by Gasteiger charge is 2.24. The van der Waals surface area contributed by atoms with Crippen LogP contribution in [0.4, 0.5) is 4.39 Å². The topological polar surface area (TPSA) is 38.7 Å². The Morgan fingerprint density at radius 1 is 1.20 bits per heavy atom. The Morgan fingerprint density at radius 2 is 1.95 bits per heavy atom. The SMILES string of the molecule is O=C1OC(c2ccc(F)cc2)=N/C1=C\c1ccc(Br)s1. The molecule has 1 aromatic carbocycles. The number of thiophene rings is 1. The number of ether oxygens (including phenoxy) is 1. The molecule has 2 heterocycles. The molecular weight excluding hydrogens is 345 g/mol. The molecule has 0 saturated carbocycles. The summed E-state index contributed by atoms with van der Waals surface area (Å²) in [6.45, 7) is 0. The molecule has 2 aromatic rings. The Morgan fingerprint density at radius 3 is 2.60 bits per heavy atom. The lowest BCUT2D eigenvalue weighted by Crippen LogP contribution is -2.05. The molecule has 3 nitrogen and oxygen atoms in total. The molecule has 0 amide bonds. The third-order valence-corrected chi connectivity index (χ3v) is 4.16. The van der Waals surface area contributed by atoms with Gasteiger partial charge in [-0.1, -0.05) is 0 Å². The molecule has 1 aliphatic rings. The van der Waals surface area contributed by atoms with E-state index in [0.29, 0.717) is 5.56 Å². The fourth-order valence-electron chi connectivity index (χ4n) is 1.67. The summed E-state index contributed by atoms with van der Waals surface area (Å²) in [4.78, 5) is 16.8. The molecule has 0 saturated heterocycles. The maximum atomic E-state index is 12.9. The first-order chi connectivity index (χ1) is 9.61. The smallest absolute Gasteiger partial charge is 0.363 e. The summed E-state index contributed by atoms with van der Waals surface area (Å²) in [5.74, 6) is -0.663. The van der Waals surface area contributed by atoms with Crippen LogP contribution in [-0.4, -0.2) is 11.9 Å². The highest BCUT2D eigenvalue weighted by Crippen LogP contribution is 2.26. The minimum atomic E-state index is -0.506. The van der Waals surface area contributed by atoms with Crippen LogP contribution in [0, 0.1) is 5.82 Å². The van der Waals surface area contributed by atoms with Crippen LogP contribution < -0.4 is 0 Å². The second-order valence-corrected chi connectivity index (χ2v) is 6.48. The predicted molar refractivity (Wildman–Crippen MR) is 79.0 cm³/mol. The van der Waals surface area contributed by atoms with Crippen molar-refractivity contribution in [3.63, 3.8) is 0 Å². The summed E-state index contributed by atoms with van der Waals surface area (Å²) in [5.41, 5.74) is 0.800. The molecule has 0 bridgehead atoms. The number of esters is 1. The number of halogens is 2. The zero-order valence-electron chi connectivity index (χ0n) is 9.97. The molecule has 1 aromatic heterocycles. The van der Waals surface area contributed by atoms with E-state index in [9.17, 15) is 9.18 Å². The van der Waals surface area contributed by atoms with Gasteiger partial charge in [0.15, 0.2) is 5.70 Å². The Labute approximate surface area is 126 Å². The van der Waals surface area contributed by atoms with Gasteiger partial charge < -0.3 is 4.74 Å². The summed E-state index contributed by atoms with van der Waals surface area (Å²) in [7, 11) is 0. The largest absolute Gasteiger partial charge is 0.402 e. The number of nitrogens with zero attached hydrogens (tertiary/aromatic N) is 1. The Bertz CT molecular complexity index is 734. The molecule has 1 aliphatic heterocycles. The normalized spacial score (nSPS) is 16.4. The Kier molecular flexibility index (Phi) is 3.50. The van der Waals surface area contributed by atoms with E-state index < -0.39 is 5.97 Å². The van der Waals surface area contributed by atoms with Gasteiger partial charge in [0.05, 0.1) is 3.79 Å². The quantitative estimate of drug-likeness (QED) is 0.606. The second-order valence-electron chi connectivity index (χ2n) is 3.98. The summed E-state index contributed by atoms with van der Waals surface area (Å²) in [6, 6.07) is 9.40. The molecule has 0 radical (unpaired) electrons. The zero-order valence-corrected chi connectivity index (χ0v) is 12.4. The van der Waals surface area contributed by atoms with Crippen molar-refractivity contribution in [1.82, 2.24) is 0 Å². The van der Waals surface area contributed by atoms with Gasteiger partial charge in [0.2, 0.25) is 5.90 Å². The van der Waals surface area contributed by atoms with Crippen molar-refractivity contribution in [2.45, 2.75) is 0 Å². The number of benzene rings is 1. The van der Waals surface area contributed by atoms with Crippen molar-refractivity contribution < 1.29 is 13.9 Å². The molecule has 6 heteroatoms. The molecule has 20 heavy (non-hydrogen) atoms. The van der Waals surface area contributed by atoms with Crippen LogP contribution in [0.25, 0.3) is 6.08 Å². The van der Waals surface area contributed by atoms with Crippen LogP contribution in [0.1, 0.15) is 10.4 Å². The van der Waals surface area contributed by atoms with Crippen LogP contribution in [0.2, 0.25) is 0 Å². The molecule has 3 rings (SSSR count). The first-order valence-corrected chi connectivity index (χ1v) is 7.26. The standard InChI is InChI=1S/C14H7BrFNO2S/c15-12-6-5-10(20-12)7-11-14(18)19-13(17-11)8-1-3-9(16)4-2-8/h1-7H/b11-7-. The van der Waals surface area contributed by atoms with Crippen molar-refractivity contribution in [3.05, 3.63) is 62.1 Å². The Hall–Kier alpha value is -1.79. The fraction of sp³-hybridized carbons (Fsp3) is 0. The summed E-state index contributed by atoms with van der Waals surface area (Å²) < 4.78 is 18.9. The number of hydrogen-bond acceptors (Lipinski definition) is 4.